The SMILES string of the molecule is Cc1ccc(CNC(=O)C(NC(=O)c2c(F)cccc2F)C(C)C)c(C)c1. The fraction of sp³-hybridized carbons (Fsp3) is 0.333. The number of nitrogens with one attached hydrogen (secondary N) is 2. The van der Waals surface area contributed by atoms with Gasteiger partial charge < -0.3 is 10.6 Å². The van der Waals surface area contributed by atoms with Gasteiger partial charge in [-0.25, -0.2) is 8.78 Å². The average molecular weight is 374 g/mol. The van der Waals surface area contributed by atoms with E-state index in [1.807, 2.05) is 32.0 Å². The summed E-state index contributed by atoms with van der Waals surface area (Å²) in [7, 11) is 0. The Morgan fingerprint density at radius 3 is 2.22 bits per heavy atom. The summed E-state index contributed by atoms with van der Waals surface area (Å²) in [5.41, 5.74) is 2.45. The molecule has 2 aromatic rings. The lowest BCUT2D eigenvalue weighted by atomic mass is 10.0. The van der Waals surface area contributed by atoms with Crippen LogP contribution in [0.4, 0.5) is 8.78 Å². The Morgan fingerprint density at radius 1 is 1.04 bits per heavy atom. The molecular formula is C21H24F2N2O2. The molecule has 1 atom stereocenters. The van der Waals surface area contributed by atoms with Gasteiger partial charge in [-0.1, -0.05) is 43.7 Å². The Kier molecular flexibility index (Phi) is 6.66. The minimum absolute atomic E-state index is 0.261. The molecule has 0 bridgehead atoms. The third-order valence-electron chi connectivity index (χ3n) is 4.38. The maximum absolute atomic E-state index is 13.8. The number of aryl methyl sites for hydroxylation is 2. The molecule has 0 saturated carbocycles. The highest BCUT2D eigenvalue weighted by molar-refractivity contribution is 5.98. The molecular weight excluding hydrogens is 350 g/mol. The van der Waals surface area contributed by atoms with E-state index >= 15 is 0 Å². The Balaban J connectivity index is 2.10. The van der Waals surface area contributed by atoms with Crippen molar-refractivity contribution in [2.45, 2.75) is 40.3 Å². The van der Waals surface area contributed by atoms with E-state index in [1.165, 1.54) is 6.07 Å². The van der Waals surface area contributed by atoms with E-state index in [4.69, 9.17) is 0 Å². The van der Waals surface area contributed by atoms with E-state index in [1.54, 1.807) is 13.8 Å². The Hall–Kier alpha value is -2.76. The number of hydrogen-bond acceptors (Lipinski definition) is 2. The van der Waals surface area contributed by atoms with E-state index in [-0.39, 0.29) is 5.92 Å². The molecule has 2 aromatic carbocycles. The van der Waals surface area contributed by atoms with Crippen molar-refractivity contribution in [1.29, 1.82) is 0 Å². The van der Waals surface area contributed by atoms with Gasteiger partial charge in [0.25, 0.3) is 5.91 Å². The number of rotatable bonds is 6. The average Bonchev–Trinajstić information content (AvgIpc) is 2.58. The van der Waals surface area contributed by atoms with E-state index in [0.717, 1.165) is 28.8 Å². The van der Waals surface area contributed by atoms with Crippen LogP contribution < -0.4 is 10.6 Å². The second kappa shape index (κ2) is 8.75. The summed E-state index contributed by atoms with van der Waals surface area (Å²) in [6.45, 7) is 7.75. The maximum atomic E-state index is 13.8. The molecule has 0 aliphatic carbocycles. The molecule has 2 rings (SSSR count). The van der Waals surface area contributed by atoms with Gasteiger partial charge >= 0.3 is 0 Å². The highest BCUT2D eigenvalue weighted by Crippen LogP contribution is 2.14. The maximum Gasteiger partial charge on any atom is 0.257 e. The minimum atomic E-state index is -0.967. The number of halogens is 2. The number of hydrogen-bond donors (Lipinski definition) is 2. The summed E-state index contributed by atoms with van der Waals surface area (Å²) >= 11 is 0. The first-order valence-electron chi connectivity index (χ1n) is 8.79. The lowest BCUT2D eigenvalue weighted by Gasteiger charge is -2.22. The van der Waals surface area contributed by atoms with Gasteiger partial charge in [0, 0.05) is 6.54 Å². The first-order valence-corrected chi connectivity index (χ1v) is 8.79. The molecule has 0 heterocycles. The van der Waals surface area contributed by atoms with E-state index in [2.05, 4.69) is 10.6 Å². The van der Waals surface area contributed by atoms with Gasteiger partial charge in [0.05, 0.1) is 0 Å². The number of amides is 2. The van der Waals surface area contributed by atoms with Gasteiger partial charge in [0.2, 0.25) is 5.91 Å². The van der Waals surface area contributed by atoms with Gasteiger partial charge in [-0.2, -0.15) is 0 Å². The standard InChI is InChI=1S/C21H24F2N2O2/c1-12(2)19(25-20(26)18-16(22)6-5-7-17(18)23)21(27)24-11-15-9-8-13(3)10-14(15)4/h5-10,12,19H,11H2,1-4H3,(H,24,27)(H,25,26). The molecule has 4 nitrogen and oxygen atoms in total. The molecule has 0 fully saturated rings. The second-order valence-electron chi connectivity index (χ2n) is 6.94. The number of carbonyl (C=O) groups is 2. The fourth-order valence-electron chi connectivity index (χ4n) is 2.80. The van der Waals surface area contributed by atoms with Crippen molar-refractivity contribution in [2.24, 2.45) is 5.92 Å². The van der Waals surface area contributed by atoms with Crippen molar-refractivity contribution >= 4 is 11.8 Å². The van der Waals surface area contributed by atoms with Crippen LogP contribution in [-0.2, 0) is 11.3 Å². The molecule has 2 amide bonds. The number of carbonyl (C=O) groups excluding carboxylic acids is 2. The highest BCUT2D eigenvalue weighted by atomic mass is 19.1. The monoisotopic (exact) mass is 374 g/mol. The normalized spacial score (nSPS) is 12.0. The third kappa shape index (κ3) is 5.12. The molecule has 6 heteroatoms. The summed E-state index contributed by atoms with van der Waals surface area (Å²) in [6.07, 6.45) is 0. The van der Waals surface area contributed by atoms with Gasteiger partial charge in [-0.05, 0) is 43.0 Å². The molecule has 0 aromatic heterocycles. The van der Waals surface area contributed by atoms with Crippen molar-refractivity contribution in [3.63, 3.8) is 0 Å². The summed E-state index contributed by atoms with van der Waals surface area (Å²) in [4.78, 5) is 24.9. The predicted molar refractivity (Wildman–Crippen MR) is 100 cm³/mol. The van der Waals surface area contributed by atoms with Crippen LogP contribution in [0, 0.1) is 31.4 Å². The van der Waals surface area contributed by atoms with E-state index in [0.29, 0.717) is 6.54 Å². The lowest BCUT2D eigenvalue weighted by molar-refractivity contribution is -0.124. The zero-order chi connectivity index (χ0) is 20.1. The third-order valence-corrected chi connectivity index (χ3v) is 4.38. The van der Waals surface area contributed by atoms with Crippen molar-refractivity contribution in [3.05, 3.63) is 70.3 Å². The van der Waals surface area contributed by atoms with Gasteiger partial charge in [0.15, 0.2) is 0 Å². The zero-order valence-electron chi connectivity index (χ0n) is 15.9. The fourth-order valence-corrected chi connectivity index (χ4v) is 2.80. The molecule has 0 spiro atoms. The Labute approximate surface area is 158 Å². The molecule has 2 N–H and O–H groups in total. The van der Waals surface area contributed by atoms with Crippen LogP contribution in [0.25, 0.3) is 0 Å². The summed E-state index contributed by atoms with van der Waals surface area (Å²) in [5.74, 6) is -3.56. The van der Waals surface area contributed by atoms with Crippen molar-refractivity contribution in [3.8, 4) is 0 Å². The predicted octanol–water partition coefficient (Wildman–Crippen LogP) is 3.65. The van der Waals surface area contributed by atoms with Crippen LogP contribution >= 0.6 is 0 Å². The zero-order valence-corrected chi connectivity index (χ0v) is 15.9. The molecule has 0 aliphatic heterocycles. The second-order valence-corrected chi connectivity index (χ2v) is 6.94. The summed E-state index contributed by atoms with van der Waals surface area (Å²) in [6, 6.07) is 8.18. The molecule has 144 valence electrons. The quantitative estimate of drug-likeness (QED) is 0.811. The summed E-state index contributed by atoms with van der Waals surface area (Å²) < 4.78 is 27.6. The lowest BCUT2D eigenvalue weighted by Crippen LogP contribution is -2.49. The molecule has 0 saturated heterocycles. The van der Waals surface area contributed by atoms with Gasteiger partial charge in [-0.15, -0.1) is 0 Å². The van der Waals surface area contributed by atoms with Crippen molar-refractivity contribution < 1.29 is 18.4 Å². The van der Waals surface area contributed by atoms with Crippen LogP contribution in [0.3, 0.4) is 0 Å². The highest BCUT2D eigenvalue weighted by Gasteiger charge is 2.27. The molecule has 27 heavy (non-hydrogen) atoms. The smallest absolute Gasteiger partial charge is 0.257 e. The molecule has 0 aliphatic rings. The number of benzene rings is 2. The first kappa shape index (κ1) is 20.6. The first-order chi connectivity index (χ1) is 12.7. The summed E-state index contributed by atoms with van der Waals surface area (Å²) in [5, 5.41) is 5.23. The van der Waals surface area contributed by atoms with Crippen molar-refractivity contribution in [2.75, 3.05) is 0 Å². The Bertz CT molecular complexity index is 830. The van der Waals surface area contributed by atoms with Crippen LogP contribution in [0.15, 0.2) is 36.4 Å². The van der Waals surface area contributed by atoms with Crippen LogP contribution in [0.1, 0.15) is 40.9 Å². The molecule has 0 radical (unpaired) electrons. The molecule has 1 unspecified atom stereocenters. The van der Waals surface area contributed by atoms with E-state index < -0.39 is 35.1 Å². The minimum Gasteiger partial charge on any atom is -0.350 e. The van der Waals surface area contributed by atoms with Crippen LogP contribution in [0.5, 0.6) is 0 Å². The van der Waals surface area contributed by atoms with Crippen molar-refractivity contribution in [1.82, 2.24) is 10.6 Å². The largest absolute Gasteiger partial charge is 0.350 e. The van der Waals surface area contributed by atoms with Gasteiger partial charge in [0.1, 0.15) is 23.2 Å². The van der Waals surface area contributed by atoms with Crippen LogP contribution in [0.2, 0.25) is 0 Å². The van der Waals surface area contributed by atoms with Crippen LogP contribution in [-0.4, -0.2) is 17.9 Å². The topological polar surface area (TPSA) is 58.2 Å². The van der Waals surface area contributed by atoms with E-state index in [9.17, 15) is 18.4 Å². The Morgan fingerprint density at radius 2 is 1.67 bits per heavy atom. The van der Waals surface area contributed by atoms with Gasteiger partial charge in [-0.3, -0.25) is 9.59 Å².